The summed E-state index contributed by atoms with van der Waals surface area (Å²) in [4.78, 5) is 24.0. The molecule has 0 fully saturated rings. The SMILES string of the molecule is O=C(CCCCCCC(=O)c1ccc(O)cc1O)c1ccc(O)cc1O. The van der Waals surface area contributed by atoms with Gasteiger partial charge in [-0.3, -0.25) is 9.59 Å². The maximum Gasteiger partial charge on any atom is 0.166 e. The minimum atomic E-state index is -0.227. The number of hydrogen-bond donors (Lipinski definition) is 4. The fourth-order valence-electron chi connectivity index (χ4n) is 2.71. The van der Waals surface area contributed by atoms with Gasteiger partial charge in [0.1, 0.15) is 23.0 Å². The monoisotopic (exact) mass is 358 g/mol. The molecule has 0 spiro atoms. The Hall–Kier alpha value is -3.02. The van der Waals surface area contributed by atoms with Gasteiger partial charge in [0, 0.05) is 25.0 Å². The number of carbonyl (C=O) groups is 2. The van der Waals surface area contributed by atoms with Crippen molar-refractivity contribution in [1.82, 2.24) is 0 Å². The van der Waals surface area contributed by atoms with Crippen LogP contribution in [0.5, 0.6) is 23.0 Å². The minimum Gasteiger partial charge on any atom is -0.508 e. The standard InChI is InChI=1S/C20H22O6/c21-13-7-9-15(19(25)11-13)17(23)5-3-1-2-4-6-18(24)16-10-8-14(22)12-20(16)26/h7-12,21-22,25-26H,1-6H2. The maximum atomic E-state index is 12.0. The Balaban J connectivity index is 1.69. The normalized spacial score (nSPS) is 10.6. The first-order chi connectivity index (χ1) is 12.4. The fourth-order valence-corrected chi connectivity index (χ4v) is 2.71. The lowest BCUT2D eigenvalue weighted by Gasteiger charge is -2.06. The Morgan fingerprint density at radius 1 is 0.615 bits per heavy atom. The molecule has 2 aromatic rings. The van der Waals surface area contributed by atoms with E-state index in [0.717, 1.165) is 25.0 Å². The van der Waals surface area contributed by atoms with E-state index in [1.807, 2.05) is 0 Å². The van der Waals surface area contributed by atoms with E-state index in [0.29, 0.717) is 12.8 Å². The molecule has 6 heteroatoms. The summed E-state index contributed by atoms with van der Waals surface area (Å²) in [5.41, 5.74) is 0.390. The average Bonchev–Trinajstić information content (AvgIpc) is 2.57. The van der Waals surface area contributed by atoms with Gasteiger partial charge in [-0.2, -0.15) is 0 Å². The number of phenols is 4. The molecule has 2 aromatic carbocycles. The van der Waals surface area contributed by atoms with Gasteiger partial charge in [0.2, 0.25) is 0 Å². The predicted octanol–water partition coefficient (Wildman–Crippen LogP) is 3.92. The second-order valence-electron chi connectivity index (χ2n) is 6.16. The van der Waals surface area contributed by atoms with Crippen molar-refractivity contribution in [2.24, 2.45) is 0 Å². The lowest BCUT2D eigenvalue weighted by Crippen LogP contribution is -2.00. The van der Waals surface area contributed by atoms with Gasteiger partial charge in [0.15, 0.2) is 11.6 Å². The smallest absolute Gasteiger partial charge is 0.166 e. The van der Waals surface area contributed by atoms with E-state index < -0.39 is 0 Å². The van der Waals surface area contributed by atoms with Crippen molar-refractivity contribution in [3.63, 3.8) is 0 Å². The predicted molar refractivity (Wildman–Crippen MR) is 95.9 cm³/mol. The van der Waals surface area contributed by atoms with E-state index in [4.69, 9.17) is 0 Å². The van der Waals surface area contributed by atoms with Crippen molar-refractivity contribution < 1.29 is 30.0 Å². The molecule has 0 saturated heterocycles. The first kappa shape index (κ1) is 19.3. The lowest BCUT2D eigenvalue weighted by molar-refractivity contribution is 0.0963. The van der Waals surface area contributed by atoms with E-state index in [1.54, 1.807) is 0 Å². The quantitative estimate of drug-likeness (QED) is 0.399. The molecule has 0 aliphatic rings. The number of Topliss-reactive ketones (excluding diaryl/α,β-unsaturated/α-hetero) is 2. The molecule has 0 radical (unpaired) electrons. The second kappa shape index (κ2) is 8.89. The van der Waals surface area contributed by atoms with Gasteiger partial charge in [-0.1, -0.05) is 12.8 Å². The van der Waals surface area contributed by atoms with Gasteiger partial charge in [-0.15, -0.1) is 0 Å². The summed E-state index contributed by atoms with van der Waals surface area (Å²) in [5.74, 6) is -1.02. The Morgan fingerprint density at radius 3 is 1.35 bits per heavy atom. The van der Waals surface area contributed by atoms with Gasteiger partial charge in [0.05, 0.1) is 11.1 Å². The van der Waals surface area contributed by atoms with Gasteiger partial charge < -0.3 is 20.4 Å². The summed E-state index contributed by atoms with van der Waals surface area (Å²) >= 11 is 0. The topological polar surface area (TPSA) is 115 Å². The first-order valence-electron chi connectivity index (χ1n) is 8.49. The van der Waals surface area contributed by atoms with E-state index in [9.17, 15) is 30.0 Å². The summed E-state index contributed by atoms with van der Waals surface area (Å²) in [5, 5.41) is 37.8. The highest BCUT2D eigenvalue weighted by Gasteiger charge is 2.13. The number of hydrogen-bond acceptors (Lipinski definition) is 6. The zero-order valence-corrected chi connectivity index (χ0v) is 14.3. The molecule has 2 rings (SSSR count). The van der Waals surface area contributed by atoms with Gasteiger partial charge in [-0.05, 0) is 37.1 Å². The summed E-state index contributed by atoms with van der Waals surface area (Å²) in [6.45, 7) is 0. The molecule has 0 bridgehead atoms. The maximum absolute atomic E-state index is 12.0. The molecule has 6 nitrogen and oxygen atoms in total. The molecule has 26 heavy (non-hydrogen) atoms. The molecule has 0 heterocycles. The van der Waals surface area contributed by atoms with Crippen molar-refractivity contribution in [1.29, 1.82) is 0 Å². The van der Waals surface area contributed by atoms with Crippen molar-refractivity contribution >= 4 is 11.6 Å². The van der Waals surface area contributed by atoms with Crippen LogP contribution in [0.3, 0.4) is 0 Å². The van der Waals surface area contributed by atoms with Crippen molar-refractivity contribution in [3.05, 3.63) is 47.5 Å². The van der Waals surface area contributed by atoms with Crippen LogP contribution >= 0.6 is 0 Å². The van der Waals surface area contributed by atoms with Crippen LogP contribution in [0.1, 0.15) is 59.2 Å². The van der Waals surface area contributed by atoms with Crippen LogP contribution in [0.4, 0.5) is 0 Å². The minimum absolute atomic E-state index is 0.0941. The van der Waals surface area contributed by atoms with E-state index >= 15 is 0 Å². The zero-order chi connectivity index (χ0) is 19.1. The number of ketones is 2. The third kappa shape index (κ3) is 5.24. The Labute approximate surface area is 151 Å². The number of unbranched alkanes of at least 4 members (excludes halogenated alkanes) is 3. The zero-order valence-electron chi connectivity index (χ0n) is 14.3. The number of rotatable bonds is 9. The summed E-state index contributed by atoms with van der Waals surface area (Å²) < 4.78 is 0. The average molecular weight is 358 g/mol. The Bertz CT molecular complexity index is 729. The van der Waals surface area contributed by atoms with Crippen molar-refractivity contribution in [3.8, 4) is 23.0 Å². The van der Waals surface area contributed by atoms with Crippen LogP contribution in [0, 0.1) is 0 Å². The van der Waals surface area contributed by atoms with Crippen LogP contribution in [0.2, 0.25) is 0 Å². The van der Waals surface area contributed by atoms with E-state index in [-0.39, 0.29) is 58.5 Å². The van der Waals surface area contributed by atoms with Crippen molar-refractivity contribution in [2.45, 2.75) is 38.5 Å². The van der Waals surface area contributed by atoms with Crippen molar-refractivity contribution in [2.75, 3.05) is 0 Å². The number of carbonyl (C=O) groups excluding carboxylic acids is 2. The summed E-state index contributed by atoms with van der Waals surface area (Å²) in [7, 11) is 0. The molecular weight excluding hydrogens is 336 g/mol. The highest BCUT2D eigenvalue weighted by atomic mass is 16.3. The molecule has 0 aromatic heterocycles. The molecule has 0 aliphatic carbocycles. The van der Waals surface area contributed by atoms with Crippen LogP contribution in [-0.2, 0) is 0 Å². The third-order valence-electron chi connectivity index (χ3n) is 4.12. The second-order valence-corrected chi connectivity index (χ2v) is 6.16. The lowest BCUT2D eigenvalue weighted by atomic mass is 10.0. The molecule has 0 amide bonds. The van der Waals surface area contributed by atoms with E-state index in [2.05, 4.69) is 0 Å². The molecule has 138 valence electrons. The molecule has 0 aliphatic heterocycles. The van der Waals surface area contributed by atoms with Gasteiger partial charge in [-0.25, -0.2) is 0 Å². The van der Waals surface area contributed by atoms with E-state index in [1.165, 1.54) is 24.3 Å². The van der Waals surface area contributed by atoms with Crippen LogP contribution in [0.15, 0.2) is 36.4 Å². The molecule has 0 saturated carbocycles. The largest absolute Gasteiger partial charge is 0.508 e. The highest BCUT2D eigenvalue weighted by molar-refractivity contribution is 5.99. The van der Waals surface area contributed by atoms with Crippen LogP contribution < -0.4 is 0 Å². The first-order valence-corrected chi connectivity index (χ1v) is 8.49. The van der Waals surface area contributed by atoms with Crippen LogP contribution in [0.25, 0.3) is 0 Å². The third-order valence-corrected chi connectivity index (χ3v) is 4.12. The molecule has 0 unspecified atom stereocenters. The molecule has 0 atom stereocenters. The van der Waals surface area contributed by atoms with Gasteiger partial charge >= 0.3 is 0 Å². The number of benzene rings is 2. The number of phenolic OH excluding ortho intramolecular Hbond substituents is 4. The molecule has 4 N–H and O–H groups in total. The van der Waals surface area contributed by atoms with Gasteiger partial charge in [0.25, 0.3) is 0 Å². The summed E-state index contributed by atoms with van der Waals surface area (Å²) in [6.07, 6.45) is 3.37. The fraction of sp³-hybridized carbons (Fsp3) is 0.300. The Kier molecular flexibility index (Phi) is 6.60. The number of aromatic hydroxyl groups is 4. The summed E-state index contributed by atoms with van der Waals surface area (Å²) in [6, 6.07) is 7.79. The Morgan fingerprint density at radius 2 is 1.00 bits per heavy atom. The molecular formula is C20H22O6. The highest BCUT2D eigenvalue weighted by Crippen LogP contribution is 2.25. The van der Waals surface area contributed by atoms with Crippen LogP contribution in [-0.4, -0.2) is 32.0 Å².